The van der Waals surface area contributed by atoms with Crippen LogP contribution in [-0.2, 0) is 12.7 Å². The Bertz CT molecular complexity index is 3860. The van der Waals surface area contributed by atoms with Crippen molar-refractivity contribution in [2.75, 3.05) is 69.7 Å². The van der Waals surface area contributed by atoms with Gasteiger partial charge in [-0.1, -0.05) is 0 Å². The highest BCUT2D eigenvalue weighted by atomic mass is 19.4. The average molecular weight is 1410 g/mol. The molecule has 19 nitrogen and oxygen atoms in total. The number of ether oxygens (including phenoxy) is 2. The van der Waals surface area contributed by atoms with Crippen molar-refractivity contribution in [3.05, 3.63) is 77.6 Å². The van der Waals surface area contributed by atoms with E-state index in [1.807, 2.05) is 40.2 Å². The molecule has 6 aromatic rings. The number of hydrogen-bond acceptors (Lipinski definition) is 16. The molecule has 99 heavy (non-hydrogen) atoms. The Morgan fingerprint density at radius 1 is 0.556 bits per heavy atom. The number of fused-ring (bicyclic) bond motifs is 3. The van der Waals surface area contributed by atoms with Crippen molar-refractivity contribution < 1.29 is 76.8 Å². The standard InChI is InChI=1S/C23H30F3N5O2.2C22H26F5N5O/c1-13(2)31-18(20-15-10-22(11-16(15)20)4-6-30(22)5-3-7-32)9-17(29-31)14-8-19(21(27)28-12-14)33-23(24,25)26;1-11(2)32-16(19-13-7-21(8-14(13)19)3-4-31(21)10-18(23)24)6-15(30-32)12-5-17(20(28)29-9-12)33-22(25,26)27;23-19(24)9-32-18(6-17(30-32)12-3-16(22(25,26)27)21(28)29-7-12)20-14-4-13(5-15(14)20)31-2-1-11(8-31)10-33/h8-9,12-13,15-16,20,32H,3-7,10-11H2,1-2H3,(H2,27,28);5-6,9,11,13-14,18-19H,3-4,7-8,10H2,1-2H3,(H2,28,29);3,6-7,11,13-15,19-20,33H,1-2,4-5,8-10H2,(H2,28,29)/t15-,16+,20?,22?;13-,14+,19?,21?;11-,13?,14-,15+,20?/m..0/s1. The highest BCUT2D eigenvalue weighted by Crippen LogP contribution is 2.71. The summed E-state index contributed by atoms with van der Waals surface area (Å²) in [4.78, 5) is 18.3. The highest BCUT2D eigenvalue weighted by molar-refractivity contribution is 5.67. The van der Waals surface area contributed by atoms with Crippen LogP contribution in [0, 0.1) is 41.4 Å². The van der Waals surface area contributed by atoms with Gasteiger partial charge in [0.2, 0.25) is 0 Å². The second-order valence-electron chi connectivity index (χ2n) is 29.2. The Labute approximate surface area is 562 Å². The molecule has 6 aromatic heterocycles. The Hall–Kier alpha value is -7.03. The van der Waals surface area contributed by atoms with Crippen LogP contribution in [0.4, 0.5) is 74.5 Å². The third-order valence-electron chi connectivity index (χ3n) is 22.6. The molecule has 32 heteroatoms. The monoisotopic (exact) mass is 1410 g/mol. The highest BCUT2D eigenvalue weighted by Gasteiger charge is 2.68. The summed E-state index contributed by atoms with van der Waals surface area (Å²) in [6.07, 6.45) is -5.26. The third kappa shape index (κ3) is 14.2. The minimum atomic E-state index is -4.88. The molecule has 6 saturated carbocycles. The van der Waals surface area contributed by atoms with Gasteiger partial charge in [-0.15, -0.1) is 26.3 Å². The van der Waals surface area contributed by atoms with E-state index in [0.29, 0.717) is 87.1 Å². The number of nitrogens with two attached hydrogens (primary N) is 3. The van der Waals surface area contributed by atoms with Gasteiger partial charge in [0.25, 0.3) is 12.9 Å². The van der Waals surface area contributed by atoms with E-state index in [1.165, 1.54) is 54.7 Å². The number of aliphatic hydroxyl groups excluding tert-OH is 2. The number of pyridine rings is 3. The third-order valence-corrected chi connectivity index (χ3v) is 22.6. The molecule has 9 fully saturated rings. The zero-order chi connectivity index (χ0) is 70.7. The van der Waals surface area contributed by atoms with E-state index < -0.39 is 61.2 Å². The molecule has 3 aliphatic heterocycles. The van der Waals surface area contributed by atoms with Crippen molar-refractivity contribution in [2.45, 2.75) is 177 Å². The topological polar surface area (TPSA) is 239 Å². The molecule has 0 amide bonds. The molecule has 8 N–H and O–H groups in total. The minimum absolute atomic E-state index is 0.0516. The summed E-state index contributed by atoms with van der Waals surface area (Å²) < 4.78 is 181. The number of hydrogen-bond donors (Lipinski definition) is 5. The molecule has 9 aliphatic rings. The van der Waals surface area contributed by atoms with Gasteiger partial charge in [0.1, 0.15) is 12.4 Å². The van der Waals surface area contributed by atoms with Gasteiger partial charge >= 0.3 is 18.9 Å². The lowest BCUT2D eigenvalue weighted by Gasteiger charge is -2.52. The maximum Gasteiger partial charge on any atom is 0.573 e. The van der Waals surface area contributed by atoms with E-state index in [2.05, 4.69) is 58.3 Å². The summed E-state index contributed by atoms with van der Waals surface area (Å²) in [5, 5.41) is 32.2. The predicted molar refractivity (Wildman–Crippen MR) is 338 cm³/mol. The number of halogens is 13. The lowest BCUT2D eigenvalue weighted by Crippen LogP contribution is -2.60. The summed E-state index contributed by atoms with van der Waals surface area (Å²) in [6.45, 7) is 12.4. The van der Waals surface area contributed by atoms with Crippen molar-refractivity contribution in [2.24, 2.45) is 41.4 Å². The number of nitrogen functional groups attached to an aromatic ring is 3. The molecule has 3 saturated heterocycles. The predicted octanol–water partition coefficient (Wildman–Crippen LogP) is 12.4. The second kappa shape index (κ2) is 26.4. The molecule has 6 aliphatic carbocycles. The number of aromatic nitrogens is 9. The fourth-order valence-corrected chi connectivity index (χ4v) is 17.8. The van der Waals surface area contributed by atoms with Crippen molar-refractivity contribution in [3.8, 4) is 45.3 Å². The van der Waals surface area contributed by atoms with Crippen LogP contribution in [0.15, 0.2) is 55.0 Å². The molecule has 9 heterocycles. The first kappa shape index (κ1) is 70.4. The number of alkyl halides is 13. The molecule has 0 radical (unpaired) electrons. The lowest BCUT2D eigenvalue weighted by molar-refractivity contribution is -0.275. The van der Waals surface area contributed by atoms with Gasteiger partial charge in [0.05, 0.1) is 29.2 Å². The van der Waals surface area contributed by atoms with E-state index in [1.54, 1.807) is 6.07 Å². The lowest BCUT2D eigenvalue weighted by atomic mass is 9.78. The number of nitrogens with zero attached hydrogens (tertiary/aromatic N) is 12. The molecule has 0 bridgehead atoms. The SMILES string of the molecule is CC(C)n1nc(-c2cnc(N)c(OC(F)(F)F)c2)cc1C1[C@H]2CC3(CCN3CC(F)F)C[C@@H]12.CC(C)n1nc(-c2cnc(N)c(OC(F)(F)F)c2)cc1C1[C@H]2CC3(CCN3CCCO)C[C@@H]12.Nc1ncc(-c2cc(C3[C@H]4CC(N5CC[C@H](CO)C5)C[C@@H]34)n(CC(F)F)n2)cc1C(F)(F)F. The average Bonchev–Trinajstić information content (AvgIpc) is 1.54. The van der Waals surface area contributed by atoms with Crippen LogP contribution >= 0.6 is 0 Å². The molecular formula is C67H82F13N15O4. The van der Waals surface area contributed by atoms with Crippen LogP contribution in [0.1, 0.15) is 144 Å². The minimum Gasteiger partial charge on any atom is -0.402 e. The molecule has 0 aromatic carbocycles. The van der Waals surface area contributed by atoms with E-state index in [9.17, 15) is 67.3 Å². The Kier molecular flexibility index (Phi) is 18.8. The largest absolute Gasteiger partial charge is 0.573 e. The van der Waals surface area contributed by atoms with E-state index >= 15 is 0 Å². The molecule has 6 unspecified atom stereocenters. The Morgan fingerprint density at radius 3 is 1.41 bits per heavy atom. The van der Waals surface area contributed by atoms with Crippen LogP contribution < -0.4 is 26.7 Å². The van der Waals surface area contributed by atoms with E-state index in [4.69, 9.17) is 22.3 Å². The zero-order valence-electron chi connectivity index (χ0n) is 55.0. The van der Waals surface area contributed by atoms with Crippen LogP contribution in [0.25, 0.3) is 33.8 Å². The van der Waals surface area contributed by atoms with Gasteiger partial charge in [0, 0.05) is 139 Å². The van der Waals surface area contributed by atoms with Gasteiger partial charge in [-0.05, 0) is 176 Å². The fourth-order valence-electron chi connectivity index (χ4n) is 17.8. The molecule has 2 spiro atoms. The van der Waals surface area contributed by atoms with Crippen molar-refractivity contribution in [1.29, 1.82) is 0 Å². The molecule has 13 atom stereocenters. The van der Waals surface area contributed by atoms with Crippen LogP contribution in [0.5, 0.6) is 11.5 Å². The normalized spacial score (nSPS) is 29.2. The van der Waals surface area contributed by atoms with Crippen molar-refractivity contribution in [3.63, 3.8) is 0 Å². The first-order valence-corrected chi connectivity index (χ1v) is 33.9. The number of rotatable bonds is 19. The molecular weight excluding hydrogens is 1330 g/mol. The molecule has 540 valence electrons. The zero-order valence-corrected chi connectivity index (χ0v) is 55.0. The van der Waals surface area contributed by atoms with E-state index in [-0.39, 0.29) is 72.1 Å². The quantitative estimate of drug-likeness (QED) is 0.0474. The Balaban J connectivity index is 0.000000133. The van der Waals surface area contributed by atoms with Gasteiger partial charge in [-0.3, -0.25) is 28.7 Å². The van der Waals surface area contributed by atoms with Crippen LogP contribution in [0.3, 0.4) is 0 Å². The van der Waals surface area contributed by atoms with Crippen LogP contribution in [0.2, 0.25) is 0 Å². The first-order valence-electron chi connectivity index (χ1n) is 33.9. The number of likely N-dealkylation sites (tertiary alicyclic amines) is 3. The molecule has 15 rings (SSSR count). The second-order valence-corrected chi connectivity index (χ2v) is 29.2. The van der Waals surface area contributed by atoms with Crippen LogP contribution in [-0.4, -0.2) is 164 Å². The number of aliphatic hydroxyl groups is 2. The van der Waals surface area contributed by atoms with Gasteiger partial charge in [0.15, 0.2) is 23.1 Å². The summed E-state index contributed by atoms with van der Waals surface area (Å²) in [7, 11) is 0. The van der Waals surface area contributed by atoms with Crippen molar-refractivity contribution in [1.82, 2.24) is 59.0 Å². The van der Waals surface area contributed by atoms with Crippen molar-refractivity contribution >= 4 is 17.5 Å². The summed E-state index contributed by atoms with van der Waals surface area (Å²) in [6, 6.07) is 9.46. The fraction of sp³-hybridized carbons (Fsp3) is 0.642. The smallest absolute Gasteiger partial charge is 0.402 e. The van der Waals surface area contributed by atoms with E-state index in [0.717, 1.165) is 95.1 Å². The summed E-state index contributed by atoms with van der Waals surface area (Å²) in [5.41, 5.74) is 20.7. The first-order chi connectivity index (χ1) is 46.7. The van der Waals surface area contributed by atoms with Gasteiger partial charge in [-0.25, -0.2) is 32.5 Å². The van der Waals surface area contributed by atoms with Gasteiger partial charge in [-0.2, -0.15) is 28.5 Å². The number of anilines is 3. The Morgan fingerprint density at radius 2 is 1.00 bits per heavy atom. The van der Waals surface area contributed by atoms with Gasteiger partial charge < -0.3 is 36.9 Å². The summed E-state index contributed by atoms with van der Waals surface area (Å²) >= 11 is 0. The maximum absolute atomic E-state index is 13.2. The summed E-state index contributed by atoms with van der Waals surface area (Å²) in [5.74, 6) is 1.51. The maximum atomic E-state index is 13.2.